The van der Waals surface area contributed by atoms with Crippen molar-refractivity contribution in [1.29, 1.82) is 0 Å². The van der Waals surface area contributed by atoms with Gasteiger partial charge in [-0.15, -0.1) is 0 Å². The van der Waals surface area contributed by atoms with E-state index in [2.05, 4.69) is 19.2 Å². The highest BCUT2D eigenvalue weighted by molar-refractivity contribution is 6.02. The van der Waals surface area contributed by atoms with Gasteiger partial charge in [0.1, 0.15) is 5.75 Å². The Balaban J connectivity index is 1.66. The first-order valence-corrected chi connectivity index (χ1v) is 12.1. The van der Waals surface area contributed by atoms with E-state index in [1.807, 2.05) is 24.3 Å². The number of phenols is 1. The zero-order valence-electron chi connectivity index (χ0n) is 20.6. The Kier molecular flexibility index (Phi) is 7.28. The van der Waals surface area contributed by atoms with Crippen LogP contribution < -0.4 is 14.8 Å². The van der Waals surface area contributed by atoms with Gasteiger partial charge in [-0.25, -0.2) is 0 Å². The molecule has 4 rings (SSSR count). The van der Waals surface area contributed by atoms with E-state index in [0.717, 1.165) is 11.3 Å². The van der Waals surface area contributed by atoms with Crippen LogP contribution in [0.25, 0.3) is 0 Å². The van der Waals surface area contributed by atoms with E-state index in [1.165, 1.54) is 12.1 Å². The predicted molar refractivity (Wildman–Crippen MR) is 132 cm³/mol. The number of rotatable bonds is 8. The number of nitro groups is 1. The van der Waals surface area contributed by atoms with Crippen molar-refractivity contribution < 1.29 is 29.1 Å². The van der Waals surface area contributed by atoms with Crippen molar-refractivity contribution in [3.05, 3.63) is 68.9 Å². The molecule has 190 valence electrons. The van der Waals surface area contributed by atoms with Crippen LogP contribution in [0.5, 0.6) is 17.2 Å². The van der Waals surface area contributed by atoms with Gasteiger partial charge >= 0.3 is 5.69 Å². The molecule has 0 saturated heterocycles. The Morgan fingerprint density at radius 1 is 1.08 bits per heavy atom. The predicted octanol–water partition coefficient (Wildman–Crippen LogP) is 4.74. The van der Waals surface area contributed by atoms with Gasteiger partial charge in [-0.3, -0.25) is 19.7 Å². The van der Waals surface area contributed by atoms with E-state index >= 15 is 0 Å². The Labute approximate surface area is 209 Å². The summed E-state index contributed by atoms with van der Waals surface area (Å²) >= 11 is 0. The number of carbonyl (C=O) groups is 2. The molecule has 9 nitrogen and oxygen atoms in total. The Bertz CT molecular complexity index is 1220. The lowest BCUT2D eigenvalue weighted by Gasteiger charge is -2.34. The van der Waals surface area contributed by atoms with Gasteiger partial charge in [0.2, 0.25) is 11.7 Å². The van der Waals surface area contributed by atoms with Crippen molar-refractivity contribution in [3.8, 4) is 17.2 Å². The second-order valence-electron chi connectivity index (χ2n) is 9.58. The highest BCUT2D eigenvalue weighted by atomic mass is 16.6. The number of ketones is 1. The third-order valence-electron chi connectivity index (χ3n) is 6.45. The van der Waals surface area contributed by atoms with Gasteiger partial charge < -0.3 is 19.9 Å². The van der Waals surface area contributed by atoms with Crippen molar-refractivity contribution in [1.82, 2.24) is 5.32 Å². The monoisotopic (exact) mass is 494 g/mol. The van der Waals surface area contributed by atoms with E-state index in [0.29, 0.717) is 35.8 Å². The van der Waals surface area contributed by atoms with Crippen molar-refractivity contribution >= 4 is 17.4 Å². The maximum Gasteiger partial charge on any atom is 0.314 e. The molecule has 0 radical (unpaired) electrons. The number of carbonyl (C=O) groups excluding carboxylic acids is 2. The SMILES string of the molecule is CCOc1cc(C2CC(=O)NC3=C2C(=O)CC(c2ccc(OCC(C)C)cc2)C3)cc([N+](=O)[O-])c1O. The van der Waals surface area contributed by atoms with Gasteiger partial charge in [0.25, 0.3) is 0 Å². The van der Waals surface area contributed by atoms with E-state index in [4.69, 9.17) is 9.47 Å². The molecule has 0 saturated carbocycles. The summed E-state index contributed by atoms with van der Waals surface area (Å²) in [6.07, 6.45) is 0.703. The standard InChI is InChI=1S/C27H30N2O7/c1-4-35-24-12-18(10-22(27(24)32)29(33)34)20-13-25(31)28-21-9-17(11-23(30)26(20)21)16-5-7-19(8-6-16)36-14-15(2)3/h5-8,10,12,15,17,20,32H,4,9,11,13-14H2,1-3H3,(H,28,31). The number of nitrogens with zero attached hydrogens (tertiary/aromatic N) is 1. The number of nitro benzene ring substituents is 1. The molecule has 2 atom stereocenters. The van der Waals surface area contributed by atoms with Crippen LogP contribution in [0.1, 0.15) is 63.0 Å². The van der Waals surface area contributed by atoms with Gasteiger partial charge in [0.05, 0.1) is 18.1 Å². The molecule has 0 spiro atoms. The summed E-state index contributed by atoms with van der Waals surface area (Å²) in [6, 6.07) is 10.4. The molecule has 2 N–H and O–H groups in total. The molecule has 2 unspecified atom stereocenters. The van der Waals surface area contributed by atoms with E-state index < -0.39 is 22.3 Å². The topological polar surface area (TPSA) is 128 Å². The molecule has 0 aromatic heterocycles. The molecule has 2 aromatic carbocycles. The highest BCUT2D eigenvalue weighted by Gasteiger charge is 2.39. The Morgan fingerprint density at radius 3 is 2.44 bits per heavy atom. The molecule has 9 heteroatoms. The lowest BCUT2D eigenvalue weighted by atomic mass is 9.73. The number of phenolic OH excluding ortho intramolecular Hbond substituents is 1. The van der Waals surface area contributed by atoms with E-state index in [-0.39, 0.29) is 42.8 Å². The Hall–Kier alpha value is -3.88. The van der Waals surface area contributed by atoms with Gasteiger partial charge in [-0.05, 0) is 54.5 Å². The number of amides is 1. The number of hydrogen-bond donors (Lipinski definition) is 2. The smallest absolute Gasteiger partial charge is 0.314 e. The van der Waals surface area contributed by atoms with Crippen LogP contribution in [-0.2, 0) is 9.59 Å². The average Bonchev–Trinajstić information content (AvgIpc) is 2.83. The molecule has 1 heterocycles. The van der Waals surface area contributed by atoms with Gasteiger partial charge in [-0.2, -0.15) is 0 Å². The van der Waals surface area contributed by atoms with Crippen LogP contribution >= 0.6 is 0 Å². The summed E-state index contributed by atoms with van der Waals surface area (Å²) in [5.74, 6) is -0.590. The molecular formula is C27H30N2O7. The third kappa shape index (κ3) is 5.19. The molecule has 0 bridgehead atoms. The summed E-state index contributed by atoms with van der Waals surface area (Å²) in [4.78, 5) is 36.9. The third-order valence-corrected chi connectivity index (χ3v) is 6.45. The average molecular weight is 495 g/mol. The second kappa shape index (κ2) is 10.4. The molecule has 0 fully saturated rings. The van der Waals surface area contributed by atoms with Gasteiger partial charge in [0.15, 0.2) is 11.5 Å². The summed E-state index contributed by atoms with van der Waals surface area (Å²) in [7, 11) is 0. The minimum absolute atomic E-state index is 0.0232. The van der Waals surface area contributed by atoms with Crippen LogP contribution in [0.2, 0.25) is 0 Å². The van der Waals surface area contributed by atoms with Crippen LogP contribution in [0.4, 0.5) is 5.69 Å². The minimum Gasteiger partial charge on any atom is -0.500 e. The fourth-order valence-electron chi connectivity index (χ4n) is 4.80. The van der Waals surface area contributed by atoms with Crippen molar-refractivity contribution in [2.75, 3.05) is 13.2 Å². The summed E-state index contributed by atoms with van der Waals surface area (Å²) in [5.41, 5.74) is 1.85. The summed E-state index contributed by atoms with van der Waals surface area (Å²) < 4.78 is 11.1. The minimum atomic E-state index is -0.702. The number of aromatic hydroxyl groups is 1. The van der Waals surface area contributed by atoms with E-state index in [9.17, 15) is 24.8 Å². The molecule has 2 aromatic rings. The zero-order valence-corrected chi connectivity index (χ0v) is 20.6. The molecule has 36 heavy (non-hydrogen) atoms. The maximum atomic E-state index is 13.4. The van der Waals surface area contributed by atoms with Crippen LogP contribution in [0, 0.1) is 16.0 Å². The fourth-order valence-corrected chi connectivity index (χ4v) is 4.80. The second-order valence-corrected chi connectivity index (χ2v) is 9.58. The molecule has 1 aliphatic heterocycles. The molecule has 1 aliphatic carbocycles. The lowest BCUT2D eigenvalue weighted by Crippen LogP contribution is -2.38. The number of hydrogen-bond acceptors (Lipinski definition) is 7. The summed E-state index contributed by atoms with van der Waals surface area (Å²) in [5, 5.41) is 24.7. The van der Waals surface area contributed by atoms with Crippen molar-refractivity contribution in [2.45, 2.75) is 51.9 Å². The normalized spacial score (nSPS) is 19.7. The van der Waals surface area contributed by atoms with Crippen molar-refractivity contribution in [3.63, 3.8) is 0 Å². The number of benzene rings is 2. The Morgan fingerprint density at radius 2 is 1.81 bits per heavy atom. The first kappa shape index (κ1) is 25.2. The maximum absolute atomic E-state index is 13.4. The molecular weight excluding hydrogens is 464 g/mol. The molecule has 2 aliphatic rings. The fraction of sp³-hybridized carbons (Fsp3) is 0.407. The van der Waals surface area contributed by atoms with Crippen LogP contribution in [-0.4, -0.2) is 34.9 Å². The first-order valence-electron chi connectivity index (χ1n) is 12.1. The first-order chi connectivity index (χ1) is 17.2. The quantitative estimate of drug-likeness (QED) is 0.401. The number of allylic oxidation sites excluding steroid dienone is 2. The number of nitrogens with one attached hydrogen (secondary N) is 1. The zero-order chi connectivity index (χ0) is 26.0. The number of ether oxygens (including phenoxy) is 2. The van der Waals surface area contributed by atoms with Crippen LogP contribution in [0.3, 0.4) is 0 Å². The van der Waals surface area contributed by atoms with Crippen molar-refractivity contribution in [2.24, 2.45) is 5.92 Å². The molecule has 1 amide bonds. The van der Waals surface area contributed by atoms with Crippen LogP contribution in [0.15, 0.2) is 47.7 Å². The van der Waals surface area contributed by atoms with Gasteiger partial charge in [-0.1, -0.05) is 26.0 Å². The van der Waals surface area contributed by atoms with Gasteiger partial charge in [0, 0.05) is 36.1 Å². The largest absolute Gasteiger partial charge is 0.500 e. The number of Topliss-reactive ketones (excluding diaryl/α,β-unsaturated/α-hetero) is 1. The van der Waals surface area contributed by atoms with E-state index in [1.54, 1.807) is 6.92 Å². The lowest BCUT2D eigenvalue weighted by molar-refractivity contribution is -0.386. The highest BCUT2D eigenvalue weighted by Crippen LogP contribution is 2.46. The summed E-state index contributed by atoms with van der Waals surface area (Å²) in [6.45, 7) is 6.65.